The van der Waals surface area contributed by atoms with E-state index < -0.39 is 7.42 Å². The van der Waals surface area contributed by atoms with Gasteiger partial charge in [-0.2, -0.15) is 0 Å². The van der Waals surface area contributed by atoms with Crippen LogP contribution in [0.4, 0.5) is 0 Å². The van der Waals surface area contributed by atoms with Gasteiger partial charge in [-0.25, -0.2) is 0 Å². The first-order chi connectivity index (χ1) is 5.22. The van der Waals surface area contributed by atoms with Crippen LogP contribution in [0.15, 0.2) is 11.8 Å². The van der Waals surface area contributed by atoms with E-state index in [0.717, 1.165) is 5.20 Å². The molecule has 1 aliphatic carbocycles. The van der Waals surface area contributed by atoms with E-state index in [4.69, 9.17) is 22.2 Å². The summed E-state index contributed by atoms with van der Waals surface area (Å²) in [6.07, 6.45) is 6.57. The van der Waals surface area contributed by atoms with E-state index in [9.17, 15) is 0 Å². The predicted octanol–water partition coefficient (Wildman–Crippen LogP) is 3.36. The molecule has 0 saturated heterocycles. The van der Waals surface area contributed by atoms with Gasteiger partial charge in [-0.05, 0) is 18.8 Å². The van der Waals surface area contributed by atoms with Gasteiger partial charge >= 0.3 is 0 Å². The molecule has 1 rings (SSSR count). The van der Waals surface area contributed by atoms with Gasteiger partial charge in [0.1, 0.15) is 0 Å². The Hall–Kier alpha value is 0.537. The minimum atomic E-state index is -1.59. The Bertz CT molecular complexity index is 139. The van der Waals surface area contributed by atoms with Crippen molar-refractivity contribution >= 4 is 29.6 Å². The van der Waals surface area contributed by atoms with Crippen LogP contribution in [0.5, 0.6) is 0 Å². The van der Waals surface area contributed by atoms with E-state index in [-0.39, 0.29) is 0 Å². The van der Waals surface area contributed by atoms with Gasteiger partial charge in [0.15, 0.2) is 0 Å². The topological polar surface area (TPSA) is 0 Å². The molecule has 0 nitrogen and oxygen atoms in total. The molecule has 0 aromatic carbocycles. The van der Waals surface area contributed by atoms with E-state index in [2.05, 4.69) is 6.58 Å². The summed E-state index contributed by atoms with van der Waals surface area (Å²) in [7, 11) is -1.59. The molecule has 1 fully saturated rings. The molecular weight excluding hydrogens is 195 g/mol. The Morgan fingerprint density at radius 2 is 1.73 bits per heavy atom. The van der Waals surface area contributed by atoms with Crippen LogP contribution in [0.3, 0.4) is 0 Å². The Morgan fingerprint density at radius 3 is 2.18 bits per heavy atom. The molecule has 11 heavy (non-hydrogen) atoms. The second kappa shape index (κ2) is 4.54. The van der Waals surface area contributed by atoms with E-state index in [1.807, 2.05) is 0 Å². The van der Waals surface area contributed by atoms with Crippen molar-refractivity contribution in [3.05, 3.63) is 11.8 Å². The number of hydrogen-bond donors (Lipinski definition) is 0. The minimum absolute atomic E-state index is 0.649. The average molecular weight is 209 g/mol. The molecule has 0 bridgehead atoms. The Kier molecular flexibility index (Phi) is 3.97. The lowest BCUT2D eigenvalue weighted by atomic mass is 9.89. The highest BCUT2D eigenvalue weighted by molar-refractivity contribution is 7.36. The van der Waals surface area contributed by atoms with Crippen LogP contribution in [-0.2, 0) is 0 Å². The highest BCUT2D eigenvalue weighted by Crippen LogP contribution is 2.31. The molecule has 3 heteroatoms. The van der Waals surface area contributed by atoms with Crippen molar-refractivity contribution in [1.29, 1.82) is 0 Å². The Morgan fingerprint density at radius 1 is 1.18 bits per heavy atom. The first kappa shape index (κ1) is 9.62. The van der Waals surface area contributed by atoms with E-state index in [1.165, 1.54) is 32.1 Å². The van der Waals surface area contributed by atoms with Crippen molar-refractivity contribution in [3.63, 3.8) is 0 Å². The van der Waals surface area contributed by atoms with Crippen molar-refractivity contribution in [1.82, 2.24) is 0 Å². The van der Waals surface area contributed by atoms with Gasteiger partial charge in [0.05, 0.1) is 0 Å². The Labute approximate surface area is 79.6 Å². The number of hydrogen-bond acceptors (Lipinski definition) is 0. The lowest BCUT2D eigenvalue weighted by Gasteiger charge is -2.23. The van der Waals surface area contributed by atoms with Gasteiger partial charge < -0.3 is 0 Å². The molecule has 0 heterocycles. The monoisotopic (exact) mass is 208 g/mol. The summed E-state index contributed by atoms with van der Waals surface area (Å²) in [6.45, 7) is 3.98. The zero-order valence-corrected chi connectivity index (χ0v) is 9.32. The SMILES string of the molecule is C=C(C1CCCCC1)[SiH](Cl)Cl. The lowest BCUT2D eigenvalue weighted by Crippen LogP contribution is -2.14. The number of halogens is 2. The summed E-state index contributed by atoms with van der Waals surface area (Å²) in [5, 5.41) is 1.16. The fraction of sp³-hybridized carbons (Fsp3) is 0.750. The molecule has 0 unspecified atom stereocenters. The van der Waals surface area contributed by atoms with Crippen LogP contribution in [0.2, 0.25) is 0 Å². The summed E-state index contributed by atoms with van der Waals surface area (Å²) in [6, 6.07) is 0. The van der Waals surface area contributed by atoms with Crippen molar-refractivity contribution in [2.24, 2.45) is 5.92 Å². The summed E-state index contributed by atoms with van der Waals surface area (Å²) in [4.78, 5) is 0. The second-order valence-electron chi connectivity index (χ2n) is 3.21. The average Bonchev–Trinajstić information content (AvgIpc) is 2.05. The fourth-order valence-electron chi connectivity index (χ4n) is 1.65. The van der Waals surface area contributed by atoms with Crippen molar-refractivity contribution < 1.29 is 0 Å². The largest absolute Gasteiger partial charge is 0.262 e. The zero-order valence-electron chi connectivity index (χ0n) is 6.65. The normalized spacial score (nSPS) is 20.6. The van der Waals surface area contributed by atoms with E-state index >= 15 is 0 Å². The molecule has 0 aliphatic heterocycles. The van der Waals surface area contributed by atoms with Crippen LogP contribution >= 0.6 is 22.2 Å². The van der Waals surface area contributed by atoms with Crippen molar-refractivity contribution in [2.45, 2.75) is 32.1 Å². The summed E-state index contributed by atoms with van der Waals surface area (Å²) in [5.74, 6) is 0.649. The van der Waals surface area contributed by atoms with Gasteiger partial charge in [-0.1, -0.05) is 24.5 Å². The molecule has 1 aliphatic rings. The minimum Gasteiger partial charge on any atom is -0.145 e. The third-order valence-corrected chi connectivity index (χ3v) is 5.12. The van der Waals surface area contributed by atoms with Crippen LogP contribution in [0.1, 0.15) is 32.1 Å². The lowest BCUT2D eigenvalue weighted by molar-refractivity contribution is 0.414. The molecule has 64 valence electrons. The number of rotatable bonds is 2. The summed E-state index contributed by atoms with van der Waals surface area (Å²) in [5.41, 5.74) is 0. The smallest absolute Gasteiger partial charge is 0.145 e. The molecule has 0 amide bonds. The standard InChI is InChI=1S/C8H14Cl2Si/c1-7(11(9)10)8-5-3-2-4-6-8/h8,11H,1-6H2. The van der Waals surface area contributed by atoms with Crippen molar-refractivity contribution in [2.75, 3.05) is 0 Å². The first-order valence-corrected chi connectivity index (χ1v) is 8.25. The number of allylic oxidation sites excluding steroid dienone is 1. The van der Waals surface area contributed by atoms with Crippen LogP contribution in [0.25, 0.3) is 0 Å². The highest BCUT2D eigenvalue weighted by Gasteiger charge is 2.20. The maximum atomic E-state index is 5.87. The van der Waals surface area contributed by atoms with E-state index in [1.54, 1.807) is 0 Å². The maximum Gasteiger partial charge on any atom is 0.262 e. The fourth-order valence-corrected chi connectivity index (χ4v) is 3.41. The van der Waals surface area contributed by atoms with Gasteiger partial charge in [0, 0.05) is 0 Å². The highest BCUT2D eigenvalue weighted by atomic mass is 35.7. The molecule has 0 aromatic rings. The summed E-state index contributed by atoms with van der Waals surface area (Å²) < 4.78 is 0. The van der Waals surface area contributed by atoms with E-state index in [0.29, 0.717) is 5.92 Å². The quantitative estimate of drug-likeness (QED) is 0.483. The van der Waals surface area contributed by atoms with Gasteiger partial charge in [-0.15, -0.1) is 28.7 Å². The molecule has 0 atom stereocenters. The van der Waals surface area contributed by atoms with Gasteiger partial charge in [0.25, 0.3) is 7.42 Å². The third kappa shape index (κ3) is 2.81. The molecule has 0 N–H and O–H groups in total. The van der Waals surface area contributed by atoms with Crippen molar-refractivity contribution in [3.8, 4) is 0 Å². The second-order valence-corrected chi connectivity index (χ2v) is 7.84. The third-order valence-electron chi connectivity index (χ3n) is 2.41. The molecule has 0 spiro atoms. The maximum absolute atomic E-state index is 5.87. The predicted molar refractivity (Wildman–Crippen MR) is 54.6 cm³/mol. The Balaban J connectivity index is 2.39. The molecule has 1 saturated carbocycles. The molecule has 0 aromatic heterocycles. The molecule has 0 radical (unpaired) electrons. The summed E-state index contributed by atoms with van der Waals surface area (Å²) >= 11 is 11.7. The molecular formula is C8H14Cl2Si. The van der Waals surface area contributed by atoms with Crippen LogP contribution in [0, 0.1) is 5.92 Å². The van der Waals surface area contributed by atoms with Crippen LogP contribution in [-0.4, -0.2) is 7.42 Å². The zero-order chi connectivity index (χ0) is 8.27. The van der Waals surface area contributed by atoms with Gasteiger partial charge in [-0.3, -0.25) is 0 Å². The van der Waals surface area contributed by atoms with Crippen LogP contribution < -0.4 is 0 Å². The van der Waals surface area contributed by atoms with Gasteiger partial charge in [0.2, 0.25) is 0 Å². The first-order valence-electron chi connectivity index (χ1n) is 4.18.